The molecule has 1 N–H and O–H groups in total. The number of rotatable bonds is 3. The Kier molecular flexibility index (Phi) is 3.71. The summed E-state index contributed by atoms with van der Waals surface area (Å²) in [4.78, 5) is 11.8. The summed E-state index contributed by atoms with van der Waals surface area (Å²) in [6.07, 6.45) is 2.33. The van der Waals surface area contributed by atoms with E-state index < -0.39 is 17.4 Å². The monoisotopic (exact) mass is 260 g/mol. The Balaban J connectivity index is 2.23. The Hall–Kier alpha value is -2.49. The Morgan fingerprint density at radius 2 is 1.89 bits per heavy atom. The van der Waals surface area contributed by atoms with E-state index in [1.54, 1.807) is 0 Å². The van der Waals surface area contributed by atoms with Gasteiger partial charge in [-0.05, 0) is 42.5 Å². The first kappa shape index (κ1) is 13.0. The number of carbonyl (C=O) groups excluding carboxylic acids is 1. The fraction of sp³-hybridized carbons (Fsp3) is 0. The molecule has 0 heterocycles. The lowest BCUT2D eigenvalue weighted by Crippen LogP contribution is -1.93. The number of allylic oxidation sites excluding steroid dienone is 1. The van der Waals surface area contributed by atoms with Crippen molar-refractivity contribution in [2.24, 2.45) is 0 Å². The average Bonchev–Trinajstić information content (AvgIpc) is 2.39. The summed E-state index contributed by atoms with van der Waals surface area (Å²) >= 11 is 0. The third kappa shape index (κ3) is 3.25. The predicted octanol–water partition coefficient (Wildman–Crippen LogP) is 3.57. The van der Waals surface area contributed by atoms with Gasteiger partial charge in [-0.3, -0.25) is 4.79 Å². The Morgan fingerprint density at radius 3 is 2.63 bits per heavy atom. The molecule has 0 aliphatic carbocycles. The molecule has 0 saturated carbocycles. The van der Waals surface area contributed by atoms with Crippen LogP contribution in [0.15, 0.2) is 48.5 Å². The van der Waals surface area contributed by atoms with Gasteiger partial charge in [0.15, 0.2) is 5.78 Å². The largest absolute Gasteiger partial charge is 0.508 e. The molecular formula is C15H10F2O2. The van der Waals surface area contributed by atoms with Gasteiger partial charge in [0.25, 0.3) is 0 Å². The molecule has 0 radical (unpaired) electrons. The number of hydrogen-bond acceptors (Lipinski definition) is 2. The number of carbonyl (C=O) groups is 1. The van der Waals surface area contributed by atoms with Crippen LogP contribution in [0, 0.1) is 11.6 Å². The maximum atomic E-state index is 13.3. The number of phenols is 1. The minimum Gasteiger partial charge on any atom is -0.508 e. The molecule has 2 nitrogen and oxygen atoms in total. The van der Waals surface area contributed by atoms with Gasteiger partial charge in [0, 0.05) is 11.1 Å². The molecule has 0 unspecified atom stereocenters. The van der Waals surface area contributed by atoms with Crippen molar-refractivity contribution in [1.29, 1.82) is 0 Å². The normalized spacial score (nSPS) is 10.8. The van der Waals surface area contributed by atoms with Crippen LogP contribution in [0.2, 0.25) is 0 Å². The van der Waals surface area contributed by atoms with Gasteiger partial charge in [-0.25, -0.2) is 8.78 Å². The van der Waals surface area contributed by atoms with E-state index in [2.05, 4.69) is 0 Å². The molecule has 0 fully saturated rings. The SMILES string of the molecule is O=C(/C=C/c1cc(F)ccc1F)c1cccc(O)c1. The van der Waals surface area contributed by atoms with Crippen LogP contribution in [-0.4, -0.2) is 10.9 Å². The van der Waals surface area contributed by atoms with Crippen LogP contribution < -0.4 is 0 Å². The molecule has 0 aliphatic rings. The number of phenolic OH excluding ortho intramolecular Hbond substituents is 1. The first-order valence-corrected chi connectivity index (χ1v) is 5.53. The molecule has 0 bridgehead atoms. The van der Waals surface area contributed by atoms with Crippen LogP contribution in [0.1, 0.15) is 15.9 Å². The molecule has 0 saturated heterocycles. The summed E-state index contributed by atoms with van der Waals surface area (Å²) in [5, 5.41) is 9.24. The van der Waals surface area contributed by atoms with Gasteiger partial charge >= 0.3 is 0 Å². The van der Waals surface area contributed by atoms with Crippen LogP contribution >= 0.6 is 0 Å². The van der Waals surface area contributed by atoms with Crippen molar-refractivity contribution in [2.45, 2.75) is 0 Å². The second-order valence-corrected chi connectivity index (χ2v) is 3.91. The molecule has 0 aliphatic heterocycles. The molecule has 2 aromatic rings. The van der Waals surface area contributed by atoms with Crippen molar-refractivity contribution in [3.8, 4) is 5.75 Å². The van der Waals surface area contributed by atoms with Crippen LogP contribution in [0.25, 0.3) is 6.08 Å². The van der Waals surface area contributed by atoms with Crippen molar-refractivity contribution >= 4 is 11.9 Å². The van der Waals surface area contributed by atoms with Gasteiger partial charge in [0.05, 0.1) is 0 Å². The van der Waals surface area contributed by atoms with Gasteiger partial charge in [0.1, 0.15) is 17.4 Å². The fourth-order valence-electron chi connectivity index (χ4n) is 1.56. The Bertz CT molecular complexity index is 648. The Morgan fingerprint density at radius 1 is 1.11 bits per heavy atom. The highest BCUT2D eigenvalue weighted by Gasteiger charge is 2.04. The maximum Gasteiger partial charge on any atom is 0.185 e. The molecule has 96 valence electrons. The van der Waals surface area contributed by atoms with Crippen molar-refractivity contribution in [3.05, 3.63) is 71.3 Å². The maximum absolute atomic E-state index is 13.3. The van der Waals surface area contributed by atoms with Crippen molar-refractivity contribution in [1.82, 2.24) is 0 Å². The molecule has 19 heavy (non-hydrogen) atoms. The number of halogens is 2. The number of aromatic hydroxyl groups is 1. The average molecular weight is 260 g/mol. The summed E-state index contributed by atoms with van der Waals surface area (Å²) < 4.78 is 26.2. The molecule has 2 aromatic carbocycles. The predicted molar refractivity (Wildman–Crippen MR) is 67.8 cm³/mol. The van der Waals surface area contributed by atoms with E-state index in [1.807, 2.05) is 0 Å². The molecule has 0 atom stereocenters. The lowest BCUT2D eigenvalue weighted by Gasteiger charge is -1.98. The van der Waals surface area contributed by atoms with E-state index in [0.29, 0.717) is 0 Å². The first-order chi connectivity index (χ1) is 9.06. The zero-order valence-corrected chi connectivity index (χ0v) is 9.81. The van der Waals surface area contributed by atoms with Gasteiger partial charge in [-0.1, -0.05) is 12.1 Å². The van der Waals surface area contributed by atoms with Crippen LogP contribution in [0.5, 0.6) is 5.75 Å². The topological polar surface area (TPSA) is 37.3 Å². The molecule has 4 heteroatoms. The number of ketones is 1. The van der Waals surface area contributed by atoms with Gasteiger partial charge in [-0.15, -0.1) is 0 Å². The minimum atomic E-state index is -0.610. The summed E-state index contributed by atoms with van der Waals surface area (Å²) in [6.45, 7) is 0. The smallest absolute Gasteiger partial charge is 0.185 e. The quantitative estimate of drug-likeness (QED) is 0.676. The van der Waals surface area contributed by atoms with E-state index >= 15 is 0 Å². The minimum absolute atomic E-state index is 0.00602. The third-order valence-corrected chi connectivity index (χ3v) is 2.50. The molecule has 2 rings (SSSR count). The van der Waals surface area contributed by atoms with Crippen LogP contribution in [0.4, 0.5) is 8.78 Å². The van der Waals surface area contributed by atoms with E-state index in [1.165, 1.54) is 30.3 Å². The summed E-state index contributed by atoms with van der Waals surface area (Å²) in [5.41, 5.74) is 0.265. The highest BCUT2D eigenvalue weighted by atomic mass is 19.1. The fourth-order valence-corrected chi connectivity index (χ4v) is 1.56. The van der Waals surface area contributed by atoms with E-state index in [4.69, 9.17) is 0 Å². The summed E-state index contributed by atoms with van der Waals surface area (Å²) in [5.74, 6) is -1.62. The lowest BCUT2D eigenvalue weighted by atomic mass is 10.1. The molecular weight excluding hydrogens is 250 g/mol. The standard InChI is InChI=1S/C15H10F2O2/c16-12-5-6-14(17)10(8-12)4-7-15(19)11-2-1-3-13(18)9-11/h1-9,18H/b7-4+. The van der Waals surface area contributed by atoms with E-state index in [0.717, 1.165) is 24.3 Å². The second kappa shape index (κ2) is 5.44. The number of hydrogen-bond donors (Lipinski definition) is 1. The zero-order chi connectivity index (χ0) is 13.8. The molecule has 0 amide bonds. The molecule has 0 spiro atoms. The van der Waals surface area contributed by atoms with Crippen LogP contribution in [-0.2, 0) is 0 Å². The molecule has 0 aromatic heterocycles. The zero-order valence-electron chi connectivity index (χ0n) is 9.81. The van der Waals surface area contributed by atoms with E-state index in [-0.39, 0.29) is 16.9 Å². The highest BCUT2D eigenvalue weighted by Crippen LogP contribution is 2.14. The summed E-state index contributed by atoms with van der Waals surface area (Å²) in [6, 6.07) is 8.79. The van der Waals surface area contributed by atoms with Crippen molar-refractivity contribution in [2.75, 3.05) is 0 Å². The lowest BCUT2D eigenvalue weighted by molar-refractivity contribution is 0.104. The highest BCUT2D eigenvalue weighted by molar-refractivity contribution is 6.07. The Labute approximate surface area is 108 Å². The van der Waals surface area contributed by atoms with Crippen molar-refractivity contribution in [3.63, 3.8) is 0 Å². The van der Waals surface area contributed by atoms with Gasteiger partial charge < -0.3 is 5.11 Å². The summed E-state index contributed by atoms with van der Waals surface area (Å²) in [7, 11) is 0. The van der Waals surface area contributed by atoms with E-state index in [9.17, 15) is 18.7 Å². The van der Waals surface area contributed by atoms with Gasteiger partial charge in [-0.2, -0.15) is 0 Å². The number of benzene rings is 2. The second-order valence-electron chi connectivity index (χ2n) is 3.91. The third-order valence-electron chi connectivity index (χ3n) is 2.50. The first-order valence-electron chi connectivity index (χ1n) is 5.53. The van der Waals surface area contributed by atoms with Crippen molar-refractivity contribution < 1.29 is 18.7 Å². The van der Waals surface area contributed by atoms with Crippen LogP contribution in [0.3, 0.4) is 0 Å². The van der Waals surface area contributed by atoms with Gasteiger partial charge in [0.2, 0.25) is 0 Å².